The number of hydrogen-bond acceptors (Lipinski definition) is 5. The van der Waals surface area contributed by atoms with Crippen LogP contribution in [0.5, 0.6) is 5.75 Å². The molecule has 90 valence electrons. The quantitative estimate of drug-likeness (QED) is 0.660. The molecule has 0 radical (unpaired) electrons. The number of nitrogens with two attached hydrogens (primary N) is 1. The van der Waals surface area contributed by atoms with E-state index in [1.807, 2.05) is 6.26 Å². The van der Waals surface area contributed by atoms with Gasteiger partial charge in [-0.25, -0.2) is 9.07 Å². The van der Waals surface area contributed by atoms with Gasteiger partial charge in [-0.05, 0) is 30.5 Å². The molecule has 2 rings (SSSR count). The molecule has 0 aliphatic carbocycles. The zero-order valence-electron chi connectivity index (χ0n) is 9.13. The second kappa shape index (κ2) is 5.05. The van der Waals surface area contributed by atoms with Crippen molar-refractivity contribution in [1.29, 1.82) is 0 Å². The largest absolute Gasteiger partial charge is 0.486 e. The van der Waals surface area contributed by atoms with E-state index in [1.54, 1.807) is 12.1 Å². The lowest BCUT2D eigenvalue weighted by molar-refractivity contribution is 0.291. The Kier molecular flexibility index (Phi) is 3.48. The molecule has 5 nitrogen and oxygen atoms in total. The lowest BCUT2D eigenvalue weighted by Gasteiger charge is -2.05. The number of benzene rings is 1. The first-order chi connectivity index (χ1) is 8.20. The third-order valence-corrected chi connectivity index (χ3v) is 2.74. The monoisotopic (exact) mass is 254 g/mol. The van der Waals surface area contributed by atoms with Gasteiger partial charge in [0.05, 0.1) is 0 Å². The van der Waals surface area contributed by atoms with Crippen molar-refractivity contribution in [3.8, 4) is 5.75 Å². The van der Waals surface area contributed by atoms with Crippen LogP contribution in [0.3, 0.4) is 0 Å². The van der Waals surface area contributed by atoms with Crippen molar-refractivity contribution >= 4 is 11.8 Å². The molecule has 7 heteroatoms. The molecule has 1 heterocycles. The molecule has 0 aliphatic rings. The zero-order chi connectivity index (χ0) is 12.3. The first-order valence-corrected chi connectivity index (χ1v) is 6.05. The van der Waals surface area contributed by atoms with Gasteiger partial charge in [0.1, 0.15) is 18.2 Å². The molecule has 2 aromatic rings. The lowest BCUT2D eigenvalue weighted by Crippen LogP contribution is -2.15. The highest BCUT2D eigenvalue weighted by molar-refractivity contribution is 7.98. The number of halogens is 1. The predicted molar refractivity (Wildman–Crippen MR) is 62.7 cm³/mol. The molecule has 0 bridgehead atoms. The molecule has 0 saturated carbocycles. The standard InChI is InChI=1S/C10H11FN4OS/c1-17-10-14-13-9(15(10)12)6-16-8-4-2-7(11)3-5-8/h2-5H,6,12H2,1H3. The van der Waals surface area contributed by atoms with Crippen molar-refractivity contribution in [2.45, 2.75) is 11.8 Å². The van der Waals surface area contributed by atoms with Crippen LogP contribution in [-0.2, 0) is 6.61 Å². The number of thioether (sulfide) groups is 1. The highest BCUT2D eigenvalue weighted by Crippen LogP contribution is 2.14. The number of hydrogen-bond donors (Lipinski definition) is 1. The summed E-state index contributed by atoms with van der Waals surface area (Å²) in [5, 5.41) is 8.37. The summed E-state index contributed by atoms with van der Waals surface area (Å²) in [5.41, 5.74) is 0. The summed E-state index contributed by atoms with van der Waals surface area (Å²) in [5.74, 6) is 6.50. The maximum absolute atomic E-state index is 12.7. The van der Waals surface area contributed by atoms with E-state index < -0.39 is 0 Å². The van der Waals surface area contributed by atoms with Crippen LogP contribution < -0.4 is 10.6 Å². The maximum atomic E-state index is 12.7. The molecule has 0 unspecified atom stereocenters. The summed E-state index contributed by atoms with van der Waals surface area (Å²) in [6, 6.07) is 5.75. The minimum absolute atomic E-state index is 0.190. The third-order valence-electron chi connectivity index (χ3n) is 2.10. The molecule has 1 aromatic carbocycles. The van der Waals surface area contributed by atoms with Gasteiger partial charge in [0.2, 0.25) is 5.16 Å². The normalized spacial score (nSPS) is 10.5. The number of rotatable bonds is 4. The SMILES string of the molecule is CSc1nnc(COc2ccc(F)cc2)n1N. The zero-order valence-corrected chi connectivity index (χ0v) is 9.95. The fraction of sp³-hybridized carbons (Fsp3) is 0.200. The number of nitrogen functional groups attached to an aromatic ring is 1. The van der Waals surface area contributed by atoms with Crippen molar-refractivity contribution in [2.24, 2.45) is 0 Å². The Morgan fingerprint density at radius 2 is 2.06 bits per heavy atom. The van der Waals surface area contributed by atoms with Crippen LogP contribution >= 0.6 is 11.8 Å². The smallest absolute Gasteiger partial charge is 0.209 e. The second-order valence-corrected chi connectivity index (χ2v) is 3.99. The van der Waals surface area contributed by atoms with E-state index in [0.717, 1.165) is 0 Å². The minimum Gasteiger partial charge on any atom is -0.486 e. The van der Waals surface area contributed by atoms with E-state index in [1.165, 1.54) is 28.6 Å². The Labute approximate surface area is 102 Å². The molecule has 17 heavy (non-hydrogen) atoms. The molecule has 0 aliphatic heterocycles. The van der Waals surface area contributed by atoms with E-state index in [2.05, 4.69) is 10.2 Å². The van der Waals surface area contributed by atoms with Crippen molar-refractivity contribution < 1.29 is 9.13 Å². The Morgan fingerprint density at radius 1 is 1.35 bits per heavy atom. The predicted octanol–water partition coefficient (Wildman–Crippen LogP) is 1.43. The molecule has 0 saturated heterocycles. The summed E-state index contributed by atoms with van der Waals surface area (Å²) >= 11 is 1.40. The van der Waals surface area contributed by atoms with Gasteiger partial charge in [-0.3, -0.25) is 0 Å². The lowest BCUT2D eigenvalue weighted by atomic mass is 10.3. The van der Waals surface area contributed by atoms with Crippen LogP contribution in [0.1, 0.15) is 5.82 Å². The van der Waals surface area contributed by atoms with E-state index in [-0.39, 0.29) is 12.4 Å². The summed E-state index contributed by atoms with van der Waals surface area (Å²) in [4.78, 5) is 0. The van der Waals surface area contributed by atoms with E-state index in [0.29, 0.717) is 16.7 Å². The first kappa shape index (κ1) is 11.7. The van der Waals surface area contributed by atoms with Crippen molar-refractivity contribution in [3.63, 3.8) is 0 Å². The fourth-order valence-corrected chi connectivity index (χ4v) is 1.65. The van der Waals surface area contributed by atoms with Gasteiger partial charge in [0, 0.05) is 0 Å². The van der Waals surface area contributed by atoms with Crippen molar-refractivity contribution in [3.05, 3.63) is 35.9 Å². The Bertz CT molecular complexity index is 500. The van der Waals surface area contributed by atoms with E-state index >= 15 is 0 Å². The summed E-state index contributed by atoms with van der Waals surface area (Å²) in [6.45, 7) is 0.190. The second-order valence-electron chi connectivity index (χ2n) is 3.22. The Hall–Kier alpha value is -1.76. The number of ether oxygens (including phenoxy) is 1. The van der Waals surface area contributed by atoms with Crippen molar-refractivity contribution in [2.75, 3.05) is 12.1 Å². The van der Waals surface area contributed by atoms with Gasteiger partial charge in [-0.2, -0.15) is 0 Å². The summed E-state index contributed by atoms with van der Waals surface area (Å²) < 4.78 is 19.4. The van der Waals surface area contributed by atoms with Gasteiger partial charge in [0.25, 0.3) is 0 Å². The topological polar surface area (TPSA) is 66.0 Å². The number of aromatic nitrogens is 3. The van der Waals surface area contributed by atoms with Gasteiger partial charge in [-0.15, -0.1) is 10.2 Å². The Balaban J connectivity index is 2.02. The van der Waals surface area contributed by atoms with Crippen LogP contribution in [0.25, 0.3) is 0 Å². The maximum Gasteiger partial charge on any atom is 0.209 e. The average Bonchev–Trinajstić information content (AvgIpc) is 2.69. The van der Waals surface area contributed by atoms with Crippen LogP contribution in [0.4, 0.5) is 4.39 Å². The average molecular weight is 254 g/mol. The van der Waals surface area contributed by atoms with E-state index in [4.69, 9.17) is 10.6 Å². The van der Waals surface area contributed by atoms with Crippen molar-refractivity contribution in [1.82, 2.24) is 14.9 Å². The molecular formula is C10H11FN4OS. The Morgan fingerprint density at radius 3 is 2.65 bits per heavy atom. The van der Waals surface area contributed by atoms with Gasteiger partial charge in [-0.1, -0.05) is 11.8 Å². The molecule has 0 spiro atoms. The van der Waals surface area contributed by atoms with Crippen LogP contribution in [-0.4, -0.2) is 21.1 Å². The molecule has 1 aromatic heterocycles. The van der Waals surface area contributed by atoms with E-state index in [9.17, 15) is 4.39 Å². The van der Waals surface area contributed by atoms with Gasteiger partial charge < -0.3 is 10.6 Å². The van der Waals surface area contributed by atoms with Crippen LogP contribution in [0, 0.1) is 5.82 Å². The molecular weight excluding hydrogens is 243 g/mol. The first-order valence-electron chi connectivity index (χ1n) is 4.82. The molecule has 0 atom stereocenters. The highest BCUT2D eigenvalue weighted by atomic mass is 32.2. The van der Waals surface area contributed by atoms with Gasteiger partial charge in [0.15, 0.2) is 5.82 Å². The minimum atomic E-state index is -0.302. The molecule has 0 fully saturated rings. The van der Waals surface area contributed by atoms with Gasteiger partial charge >= 0.3 is 0 Å². The molecule has 0 amide bonds. The summed E-state index contributed by atoms with van der Waals surface area (Å²) in [7, 11) is 0. The highest BCUT2D eigenvalue weighted by Gasteiger charge is 2.08. The third kappa shape index (κ3) is 2.68. The summed E-state index contributed by atoms with van der Waals surface area (Å²) in [6.07, 6.45) is 1.86. The van der Waals surface area contributed by atoms with Crippen LogP contribution in [0.15, 0.2) is 29.4 Å². The molecule has 2 N–H and O–H groups in total. The number of nitrogens with zero attached hydrogens (tertiary/aromatic N) is 3. The van der Waals surface area contributed by atoms with Crippen LogP contribution in [0.2, 0.25) is 0 Å². The fourth-order valence-electron chi connectivity index (χ4n) is 1.22.